The fourth-order valence-corrected chi connectivity index (χ4v) is 2.07. The zero-order chi connectivity index (χ0) is 13.5. The van der Waals surface area contributed by atoms with Crippen LogP contribution >= 0.6 is 15.9 Å². The molecule has 1 aromatic rings. The Balaban J connectivity index is 2.88. The van der Waals surface area contributed by atoms with Crippen LogP contribution in [0.4, 0.5) is 0 Å². The standard InChI is InChI=1S/C13H21BrN2O2/c1-5-6-18-13-11(14)7-10(8-12(13)17-4)9-15-16(2)3/h7-8,15H,5-6,9H2,1-4H3. The minimum Gasteiger partial charge on any atom is -0.493 e. The molecule has 18 heavy (non-hydrogen) atoms. The minimum absolute atomic E-state index is 0.685. The SMILES string of the molecule is CCCOc1c(Br)cc(CNN(C)C)cc1OC. The van der Waals surface area contributed by atoms with Crippen molar-refractivity contribution in [3.05, 3.63) is 22.2 Å². The topological polar surface area (TPSA) is 33.7 Å². The highest BCUT2D eigenvalue weighted by atomic mass is 79.9. The van der Waals surface area contributed by atoms with E-state index in [9.17, 15) is 0 Å². The van der Waals surface area contributed by atoms with E-state index >= 15 is 0 Å². The molecular formula is C13H21BrN2O2. The number of hydrogen-bond donors (Lipinski definition) is 1. The number of rotatable bonds is 7. The molecule has 0 unspecified atom stereocenters. The lowest BCUT2D eigenvalue weighted by atomic mass is 10.2. The number of nitrogens with one attached hydrogen (secondary N) is 1. The average molecular weight is 317 g/mol. The van der Waals surface area contributed by atoms with E-state index < -0.39 is 0 Å². The van der Waals surface area contributed by atoms with Gasteiger partial charge in [-0.3, -0.25) is 10.4 Å². The zero-order valence-electron chi connectivity index (χ0n) is 11.4. The predicted molar refractivity (Wildman–Crippen MR) is 77.0 cm³/mol. The summed E-state index contributed by atoms with van der Waals surface area (Å²) in [6, 6.07) is 4.04. The van der Waals surface area contributed by atoms with Gasteiger partial charge in [-0.25, -0.2) is 0 Å². The molecule has 102 valence electrons. The number of methoxy groups -OCH3 is 1. The number of hydrazine groups is 1. The van der Waals surface area contributed by atoms with Gasteiger partial charge in [0.25, 0.3) is 0 Å². The van der Waals surface area contributed by atoms with Crippen LogP contribution in [0.15, 0.2) is 16.6 Å². The summed E-state index contributed by atoms with van der Waals surface area (Å²) in [7, 11) is 5.58. The van der Waals surface area contributed by atoms with Gasteiger partial charge in [0, 0.05) is 20.6 Å². The summed E-state index contributed by atoms with van der Waals surface area (Å²) in [4.78, 5) is 0. The molecule has 4 nitrogen and oxygen atoms in total. The van der Waals surface area contributed by atoms with Crippen LogP contribution in [0, 0.1) is 0 Å². The van der Waals surface area contributed by atoms with Crippen LogP contribution in [0.1, 0.15) is 18.9 Å². The summed E-state index contributed by atoms with van der Waals surface area (Å²) >= 11 is 3.53. The average Bonchev–Trinajstić information content (AvgIpc) is 2.34. The molecule has 0 amide bonds. The third kappa shape index (κ3) is 4.48. The van der Waals surface area contributed by atoms with Crippen LogP contribution in [0.3, 0.4) is 0 Å². The molecule has 0 saturated heterocycles. The molecule has 0 saturated carbocycles. The molecular weight excluding hydrogens is 296 g/mol. The predicted octanol–water partition coefficient (Wildman–Crippen LogP) is 2.81. The number of nitrogens with zero attached hydrogens (tertiary/aromatic N) is 1. The molecule has 0 aliphatic carbocycles. The maximum absolute atomic E-state index is 5.69. The van der Waals surface area contributed by atoms with Crippen molar-refractivity contribution in [1.82, 2.24) is 10.4 Å². The first-order valence-electron chi connectivity index (χ1n) is 5.98. The Morgan fingerprint density at radius 1 is 1.33 bits per heavy atom. The highest BCUT2D eigenvalue weighted by Crippen LogP contribution is 2.36. The van der Waals surface area contributed by atoms with Gasteiger partial charge in [0.05, 0.1) is 18.2 Å². The van der Waals surface area contributed by atoms with Crippen molar-refractivity contribution in [1.29, 1.82) is 0 Å². The highest BCUT2D eigenvalue weighted by Gasteiger charge is 2.11. The number of hydrogen-bond acceptors (Lipinski definition) is 4. The smallest absolute Gasteiger partial charge is 0.175 e. The lowest BCUT2D eigenvalue weighted by Crippen LogP contribution is -2.29. The number of benzene rings is 1. The summed E-state index contributed by atoms with van der Waals surface area (Å²) in [6.45, 7) is 3.51. The molecule has 0 aliphatic rings. The Morgan fingerprint density at radius 2 is 2.06 bits per heavy atom. The summed E-state index contributed by atoms with van der Waals surface area (Å²) in [5.41, 5.74) is 4.35. The molecule has 0 atom stereocenters. The Kier molecular flexibility index (Phi) is 6.46. The van der Waals surface area contributed by atoms with Crippen LogP contribution < -0.4 is 14.9 Å². The van der Waals surface area contributed by atoms with E-state index in [2.05, 4.69) is 28.3 Å². The molecule has 1 aromatic carbocycles. The zero-order valence-corrected chi connectivity index (χ0v) is 13.0. The fraction of sp³-hybridized carbons (Fsp3) is 0.538. The summed E-state index contributed by atoms with van der Waals surface area (Å²) in [5.74, 6) is 1.53. The maximum Gasteiger partial charge on any atom is 0.175 e. The third-order valence-corrected chi connectivity index (χ3v) is 2.93. The van der Waals surface area contributed by atoms with E-state index in [1.165, 1.54) is 0 Å². The first kappa shape index (κ1) is 15.3. The molecule has 0 aliphatic heterocycles. The summed E-state index contributed by atoms with van der Waals surface area (Å²) < 4.78 is 12.0. The first-order valence-corrected chi connectivity index (χ1v) is 6.77. The van der Waals surface area contributed by atoms with Crippen molar-refractivity contribution >= 4 is 15.9 Å². The largest absolute Gasteiger partial charge is 0.493 e. The monoisotopic (exact) mass is 316 g/mol. The molecule has 0 aromatic heterocycles. The van der Waals surface area contributed by atoms with E-state index in [-0.39, 0.29) is 0 Å². The second-order valence-electron chi connectivity index (χ2n) is 4.19. The van der Waals surface area contributed by atoms with Gasteiger partial charge in [-0.1, -0.05) is 6.92 Å². The van der Waals surface area contributed by atoms with Crippen molar-refractivity contribution in [3.8, 4) is 11.5 Å². The summed E-state index contributed by atoms with van der Waals surface area (Å²) in [5, 5.41) is 1.92. The van der Waals surface area contributed by atoms with Crippen molar-refractivity contribution in [2.24, 2.45) is 0 Å². The van der Waals surface area contributed by atoms with Gasteiger partial charge in [0.2, 0.25) is 0 Å². The molecule has 0 fully saturated rings. The van der Waals surface area contributed by atoms with Crippen LogP contribution in [0.5, 0.6) is 11.5 Å². The van der Waals surface area contributed by atoms with Gasteiger partial charge in [0.1, 0.15) is 0 Å². The molecule has 0 spiro atoms. The fourth-order valence-electron chi connectivity index (χ4n) is 1.47. The lowest BCUT2D eigenvalue weighted by Gasteiger charge is -2.16. The van der Waals surface area contributed by atoms with Crippen LogP contribution in [-0.2, 0) is 6.54 Å². The van der Waals surface area contributed by atoms with Gasteiger partial charge in [-0.2, -0.15) is 0 Å². The van der Waals surface area contributed by atoms with E-state index in [1.54, 1.807) is 7.11 Å². The third-order valence-electron chi connectivity index (χ3n) is 2.34. The Hall–Kier alpha value is -0.780. The Labute approximate surface area is 117 Å². The van der Waals surface area contributed by atoms with E-state index in [0.717, 1.165) is 34.5 Å². The van der Waals surface area contributed by atoms with E-state index in [4.69, 9.17) is 9.47 Å². The highest BCUT2D eigenvalue weighted by molar-refractivity contribution is 9.10. The molecule has 0 radical (unpaired) electrons. The van der Waals surface area contributed by atoms with Gasteiger partial charge in [-0.15, -0.1) is 0 Å². The van der Waals surface area contributed by atoms with E-state index in [0.29, 0.717) is 6.61 Å². The quantitative estimate of drug-likeness (QED) is 0.784. The van der Waals surface area contributed by atoms with Crippen molar-refractivity contribution in [3.63, 3.8) is 0 Å². The van der Waals surface area contributed by atoms with E-state index in [1.807, 2.05) is 31.2 Å². The van der Waals surface area contributed by atoms with Crippen LogP contribution in [0.2, 0.25) is 0 Å². The van der Waals surface area contributed by atoms with Gasteiger partial charge < -0.3 is 9.47 Å². The van der Waals surface area contributed by atoms with Crippen molar-refractivity contribution in [2.75, 3.05) is 27.8 Å². The Morgan fingerprint density at radius 3 is 2.61 bits per heavy atom. The Bertz CT molecular complexity index is 383. The summed E-state index contributed by atoms with van der Waals surface area (Å²) in [6.07, 6.45) is 0.972. The first-order chi connectivity index (χ1) is 8.58. The molecule has 5 heteroatoms. The number of halogens is 1. The van der Waals surface area contributed by atoms with Crippen LogP contribution in [-0.4, -0.2) is 32.8 Å². The molecule has 0 bridgehead atoms. The van der Waals surface area contributed by atoms with Gasteiger partial charge in [-0.05, 0) is 40.0 Å². The van der Waals surface area contributed by atoms with Crippen molar-refractivity contribution in [2.45, 2.75) is 19.9 Å². The van der Waals surface area contributed by atoms with Gasteiger partial charge in [0.15, 0.2) is 11.5 Å². The molecule has 1 rings (SSSR count). The minimum atomic E-state index is 0.685. The normalized spacial score (nSPS) is 10.8. The second kappa shape index (κ2) is 7.61. The lowest BCUT2D eigenvalue weighted by molar-refractivity contribution is 0.282. The van der Waals surface area contributed by atoms with Gasteiger partial charge >= 0.3 is 0 Å². The molecule has 0 heterocycles. The second-order valence-corrected chi connectivity index (χ2v) is 5.04. The van der Waals surface area contributed by atoms with Crippen molar-refractivity contribution < 1.29 is 9.47 Å². The number of ether oxygens (including phenoxy) is 2. The molecule has 1 N–H and O–H groups in total. The maximum atomic E-state index is 5.69. The van der Waals surface area contributed by atoms with Crippen LogP contribution in [0.25, 0.3) is 0 Å².